The summed E-state index contributed by atoms with van der Waals surface area (Å²) in [5, 5.41) is 0. The lowest BCUT2D eigenvalue weighted by atomic mass is 9.94. The Kier molecular flexibility index (Phi) is 5.55. The number of hydrogen-bond acceptors (Lipinski definition) is 0. The Morgan fingerprint density at radius 3 is 2.00 bits per heavy atom. The van der Waals surface area contributed by atoms with Crippen LogP contribution in [-0.2, 0) is 12.8 Å². The number of halogens is 4. The van der Waals surface area contributed by atoms with Gasteiger partial charge in [0.25, 0.3) is 0 Å². The van der Waals surface area contributed by atoms with Crippen LogP contribution in [0.25, 0.3) is 0 Å². The molecule has 106 valence electrons. The van der Waals surface area contributed by atoms with Gasteiger partial charge in [-0.15, -0.1) is 11.6 Å². The van der Waals surface area contributed by atoms with Gasteiger partial charge in [-0.1, -0.05) is 28.1 Å². The average molecular weight is 360 g/mol. The number of rotatable bonds is 5. The molecule has 1 unspecified atom stereocenters. The third kappa shape index (κ3) is 4.57. The molecule has 2 aromatic carbocycles. The molecule has 0 fully saturated rings. The van der Waals surface area contributed by atoms with E-state index in [0.29, 0.717) is 17.9 Å². The van der Waals surface area contributed by atoms with Crippen LogP contribution in [0.2, 0.25) is 0 Å². The van der Waals surface area contributed by atoms with E-state index < -0.39 is 11.6 Å². The normalized spacial score (nSPS) is 12.4. The zero-order chi connectivity index (χ0) is 14.5. The minimum Gasteiger partial charge on any atom is -0.207 e. The minimum absolute atomic E-state index is 0.152. The van der Waals surface area contributed by atoms with Crippen molar-refractivity contribution < 1.29 is 8.78 Å². The second-order valence-corrected chi connectivity index (χ2v) is 6.06. The van der Waals surface area contributed by atoms with Crippen LogP contribution in [0.5, 0.6) is 0 Å². The molecule has 0 aliphatic carbocycles. The Hall–Kier alpha value is -0.930. The average Bonchev–Trinajstić information content (AvgIpc) is 2.39. The Bertz CT molecular complexity index is 549. The Morgan fingerprint density at radius 1 is 0.900 bits per heavy atom. The van der Waals surface area contributed by atoms with Gasteiger partial charge in [-0.2, -0.15) is 0 Å². The zero-order valence-electron chi connectivity index (χ0n) is 10.8. The molecule has 4 heteroatoms. The van der Waals surface area contributed by atoms with Crippen LogP contribution >= 0.6 is 27.5 Å². The summed E-state index contributed by atoms with van der Waals surface area (Å²) < 4.78 is 27.4. The van der Waals surface area contributed by atoms with Gasteiger partial charge in [-0.3, -0.25) is 0 Å². The summed E-state index contributed by atoms with van der Waals surface area (Å²) in [5.41, 5.74) is 1.81. The van der Waals surface area contributed by atoms with E-state index in [9.17, 15) is 8.78 Å². The fourth-order valence-electron chi connectivity index (χ4n) is 2.20. The van der Waals surface area contributed by atoms with Crippen molar-refractivity contribution >= 4 is 27.5 Å². The van der Waals surface area contributed by atoms with Gasteiger partial charge >= 0.3 is 0 Å². The molecule has 0 saturated heterocycles. The van der Waals surface area contributed by atoms with Crippen molar-refractivity contribution in [2.45, 2.75) is 12.8 Å². The molecule has 0 N–H and O–H groups in total. The van der Waals surface area contributed by atoms with Crippen LogP contribution in [-0.4, -0.2) is 5.88 Å². The van der Waals surface area contributed by atoms with Crippen molar-refractivity contribution in [3.05, 3.63) is 69.7 Å². The monoisotopic (exact) mass is 358 g/mol. The summed E-state index contributed by atoms with van der Waals surface area (Å²) >= 11 is 9.37. The molecule has 0 amide bonds. The third-order valence-corrected chi connectivity index (χ3v) is 4.07. The second-order valence-electron chi connectivity index (χ2n) is 4.83. The van der Waals surface area contributed by atoms with Crippen LogP contribution < -0.4 is 0 Å². The highest BCUT2D eigenvalue weighted by Crippen LogP contribution is 2.19. The predicted molar refractivity (Wildman–Crippen MR) is 82.1 cm³/mol. The van der Waals surface area contributed by atoms with Crippen molar-refractivity contribution in [3.8, 4) is 0 Å². The van der Waals surface area contributed by atoms with E-state index in [0.717, 1.165) is 22.5 Å². The largest absolute Gasteiger partial charge is 0.207 e. The van der Waals surface area contributed by atoms with Crippen LogP contribution in [0.3, 0.4) is 0 Å². The molecule has 0 saturated carbocycles. The Balaban J connectivity index is 2.06. The highest BCUT2D eigenvalue weighted by Gasteiger charge is 2.11. The summed E-state index contributed by atoms with van der Waals surface area (Å²) in [5.74, 6) is -0.484. The molecule has 20 heavy (non-hydrogen) atoms. The smallest absolute Gasteiger partial charge is 0.126 e. The summed E-state index contributed by atoms with van der Waals surface area (Å²) in [7, 11) is 0. The number of benzene rings is 2. The van der Waals surface area contributed by atoms with Gasteiger partial charge in [0.2, 0.25) is 0 Å². The van der Waals surface area contributed by atoms with E-state index in [1.807, 2.05) is 24.3 Å². The Morgan fingerprint density at radius 2 is 1.45 bits per heavy atom. The molecule has 0 aromatic heterocycles. The van der Waals surface area contributed by atoms with Gasteiger partial charge in [-0.05, 0) is 54.2 Å². The lowest BCUT2D eigenvalue weighted by molar-refractivity contribution is 0.557. The standard InChI is InChI=1S/C16H14BrClF2/c17-14-3-1-11(2-4-14)5-13(10-18)6-12-7-15(19)9-16(20)8-12/h1-4,7-9,13H,5-6,10H2. The van der Waals surface area contributed by atoms with Gasteiger partial charge in [0, 0.05) is 16.4 Å². The minimum atomic E-state index is -0.544. The Labute approximate surface area is 130 Å². The van der Waals surface area contributed by atoms with Gasteiger partial charge in [0.15, 0.2) is 0 Å². The predicted octanol–water partition coefficient (Wildman–Crippen LogP) is 5.37. The third-order valence-electron chi connectivity index (χ3n) is 3.10. The molecular formula is C16H14BrClF2. The first-order valence-corrected chi connectivity index (χ1v) is 7.65. The van der Waals surface area contributed by atoms with Crippen LogP contribution in [0, 0.1) is 17.6 Å². The van der Waals surface area contributed by atoms with E-state index in [1.54, 1.807) is 0 Å². The molecule has 0 nitrogen and oxygen atoms in total. The highest BCUT2D eigenvalue weighted by molar-refractivity contribution is 9.10. The van der Waals surface area contributed by atoms with Crippen molar-refractivity contribution in [1.29, 1.82) is 0 Å². The maximum absolute atomic E-state index is 13.2. The molecule has 2 aromatic rings. The van der Waals surface area contributed by atoms with E-state index in [2.05, 4.69) is 15.9 Å². The van der Waals surface area contributed by atoms with Gasteiger partial charge in [0.05, 0.1) is 0 Å². The molecule has 0 aliphatic rings. The lowest BCUT2D eigenvalue weighted by Gasteiger charge is -2.14. The maximum atomic E-state index is 13.2. The van der Waals surface area contributed by atoms with Crippen LogP contribution in [0.15, 0.2) is 46.9 Å². The van der Waals surface area contributed by atoms with Crippen molar-refractivity contribution in [1.82, 2.24) is 0 Å². The number of alkyl halides is 1. The van der Waals surface area contributed by atoms with E-state index in [4.69, 9.17) is 11.6 Å². The quantitative estimate of drug-likeness (QED) is 0.630. The van der Waals surface area contributed by atoms with Gasteiger partial charge in [0.1, 0.15) is 11.6 Å². The van der Waals surface area contributed by atoms with Crippen LogP contribution in [0.4, 0.5) is 8.78 Å². The SMILES string of the molecule is Fc1cc(F)cc(CC(CCl)Cc2ccc(Br)cc2)c1. The van der Waals surface area contributed by atoms with Gasteiger partial charge in [-0.25, -0.2) is 8.78 Å². The van der Waals surface area contributed by atoms with E-state index >= 15 is 0 Å². The molecule has 0 bridgehead atoms. The molecule has 0 radical (unpaired) electrons. The van der Waals surface area contributed by atoms with Crippen molar-refractivity contribution in [2.24, 2.45) is 5.92 Å². The molecule has 0 spiro atoms. The second kappa shape index (κ2) is 7.19. The highest BCUT2D eigenvalue weighted by atomic mass is 79.9. The first kappa shape index (κ1) is 15.5. The van der Waals surface area contributed by atoms with Crippen molar-refractivity contribution in [2.75, 3.05) is 5.88 Å². The van der Waals surface area contributed by atoms with Crippen LogP contribution in [0.1, 0.15) is 11.1 Å². The zero-order valence-corrected chi connectivity index (χ0v) is 13.1. The first-order chi connectivity index (χ1) is 9.56. The maximum Gasteiger partial charge on any atom is 0.126 e. The molecular weight excluding hydrogens is 346 g/mol. The first-order valence-electron chi connectivity index (χ1n) is 6.32. The molecule has 0 heterocycles. The fraction of sp³-hybridized carbons (Fsp3) is 0.250. The topological polar surface area (TPSA) is 0 Å². The summed E-state index contributed by atoms with van der Waals surface area (Å²) in [4.78, 5) is 0. The summed E-state index contributed by atoms with van der Waals surface area (Å²) in [6.07, 6.45) is 1.35. The number of hydrogen-bond donors (Lipinski definition) is 0. The summed E-state index contributed by atoms with van der Waals surface area (Å²) in [6, 6.07) is 11.6. The van der Waals surface area contributed by atoms with Gasteiger partial charge < -0.3 is 0 Å². The fourth-order valence-corrected chi connectivity index (χ4v) is 2.68. The van der Waals surface area contributed by atoms with Crippen molar-refractivity contribution in [3.63, 3.8) is 0 Å². The van der Waals surface area contributed by atoms with E-state index in [1.165, 1.54) is 12.1 Å². The lowest BCUT2D eigenvalue weighted by Crippen LogP contribution is -2.10. The van der Waals surface area contributed by atoms with E-state index in [-0.39, 0.29) is 5.92 Å². The molecule has 0 aliphatic heterocycles. The molecule has 2 rings (SSSR count). The summed E-state index contributed by atoms with van der Waals surface area (Å²) in [6.45, 7) is 0. The molecule has 1 atom stereocenters.